The number of ether oxygens (including phenoxy) is 1. The van der Waals surface area contributed by atoms with Crippen molar-refractivity contribution in [3.63, 3.8) is 0 Å². The van der Waals surface area contributed by atoms with Gasteiger partial charge in [0.25, 0.3) is 0 Å². The van der Waals surface area contributed by atoms with Gasteiger partial charge in [-0.2, -0.15) is 13.2 Å². The first-order chi connectivity index (χ1) is 16.0. The van der Waals surface area contributed by atoms with E-state index in [-0.39, 0.29) is 5.92 Å². The highest BCUT2D eigenvalue weighted by molar-refractivity contribution is 6.76. The summed E-state index contributed by atoms with van der Waals surface area (Å²) >= 11 is 0. The maximum atomic E-state index is 12.6. The Morgan fingerprint density at radius 3 is 2.85 bits per heavy atom. The summed E-state index contributed by atoms with van der Waals surface area (Å²) in [6.07, 6.45) is 1.42. The number of piperidine rings is 1. The van der Waals surface area contributed by atoms with Gasteiger partial charge in [-0.25, -0.2) is 14.8 Å². The molecule has 12 heteroatoms. The molecule has 1 atom stereocenters. The average molecular weight is 501 g/mol. The molecule has 1 saturated heterocycles. The van der Waals surface area contributed by atoms with Gasteiger partial charge in [-0.1, -0.05) is 19.6 Å². The van der Waals surface area contributed by atoms with Crippen LogP contribution in [0.5, 0.6) is 0 Å². The van der Waals surface area contributed by atoms with Crippen molar-refractivity contribution in [3.8, 4) is 0 Å². The van der Waals surface area contributed by atoms with Crippen molar-refractivity contribution in [2.75, 3.05) is 38.1 Å². The largest absolute Gasteiger partial charge is 0.401 e. The predicted octanol–water partition coefficient (Wildman–Crippen LogP) is 4.53. The first kappa shape index (κ1) is 26.4. The number of carbonyl (C=O) groups excluding carboxylic acids is 1. The van der Waals surface area contributed by atoms with E-state index in [9.17, 15) is 18.0 Å². The van der Waals surface area contributed by atoms with Crippen LogP contribution in [0.1, 0.15) is 19.3 Å². The van der Waals surface area contributed by atoms with E-state index in [1.807, 2.05) is 16.8 Å². The van der Waals surface area contributed by atoms with E-state index in [2.05, 4.69) is 40.2 Å². The molecule has 1 fully saturated rings. The number of nitrogens with zero attached hydrogens (tertiary/aromatic N) is 4. The molecule has 0 aromatic carbocycles. The van der Waals surface area contributed by atoms with Gasteiger partial charge < -0.3 is 14.6 Å². The Kier molecular flexibility index (Phi) is 8.93. The Balaban J connectivity index is 1.41. The zero-order valence-electron chi connectivity index (χ0n) is 20.1. The number of halogens is 3. The highest BCUT2D eigenvalue weighted by atomic mass is 28.3. The fourth-order valence-corrected chi connectivity index (χ4v) is 4.76. The molecular formula is C22H35F3N6O2Si. The van der Waals surface area contributed by atoms with Crippen LogP contribution in [0.4, 0.5) is 23.8 Å². The number of urea groups is 1. The normalized spacial score (nSPS) is 17.8. The van der Waals surface area contributed by atoms with Gasteiger partial charge in [0.2, 0.25) is 0 Å². The van der Waals surface area contributed by atoms with Gasteiger partial charge in [-0.05, 0) is 43.8 Å². The molecule has 1 aliphatic heterocycles. The number of nitrogens with one attached hydrogen (secondary N) is 2. The first-order valence-corrected chi connectivity index (χ1v) is 15.4. The second kappa shape index (κ2) is 11.5. The quantitative estimate of drug-likeness (QED) is 0.370. The number of likely N-dealkylation sites (tertiary alicyclic amines) is 1. The number of rotatable bonds is 10. The lowest BCUT2D eigenvalue weighted by atomic mass is 9.95. The van der Waals surface area contributed by atoms with Crippen LogP contribution in [-0.2, 0) is 11.5 Å². The van der Waals surface area contributed by atoms with Crippen LogP contribution in [0.15, 0.2) is 18.5 Å². The monoisotopic (exact) mass is 500 g/mol. The maximum Gasteiger partial charge on any atom is 0.401 e. The number of hydrogen-bond acceptors (Lipinski definition) is 5. The van der Waals surface area contributed by atoms with Crippen molar-refractivity contribution >= 4 is 31.1 Å². The smallest absolute Gasteiger partial charge is 0.361 e. The van der Waals surface area contributed by atoms with E-state index < -0.39 is 26.8 Å². The topological polar surface area (TPSA) is 84.3 Å². The Hall–Kier alpha value is -2.18. The summed E-state index contributed by atoms with van der Waals surface area (Å²) in [5.74, 6) is 0.469. The average Bonchev–Trinajstić information content (AvgIpc) is 3.12. The van der Waals surface area contributed by atoms with Crippen LogP contribution in [0, 0.1) is 5.92 Å². The van der Waals surface area contributed by atoms with Crippen molar-refractivity contribution in [1.29, 1.82) is 0 Å². The molecule has 1 aliphatic rings. The number of alkyl halides is 3. The van der Waals surface area contributed by atoms with Gasteiger partial charge >= 0.3 is 12.2 Å². The molecule has 34 heavy (non-hydrogen) atoms. The number of anilines is 1. The molecule has 1 unspecified atom stereocenters. The second-order valence-corrected chi connectivity index (χ2v) is 15.7. The van der Waals surface area contributed by atoms with Crippen molar-refractivity contribution in [3.05, 3.63) is 18.5 Å². The minimum atomic E-state index is -4.18. The fourth-order valence-electron chi connectivity index (χ4n) is 4.00. The van der Waals surface area contributed by atoms with Crippen molar-refractivity contribution in [2.24, 2.45) is 5.92 Å². The van der Waals surface area contributed by atoms with Crippen LogP contribution < -0.4 is 10.6 Å². The molecule has 190 valence electrons. The third-order valence-corrected chi connectivity index (χ3v) is 7.48. The molecule has 3 rings (SSSR count). The summed E-state index contributed by atoms with van der Waals surface area (Å²) in [7, 11) is -1.14. The van der Waals surface area contributed by atoms with Gasteiger partial charge in [0.1, 0.15) is 12.2 Å². The van der Waals surface area contributed by atoms with Gasteiger partial charge in [-0.3, -0.25) is 10.2 Å². The number of fused-ring (bicyclic) bond motifs is 1. The van der Waals surface area contributed by atoms with E-state index in [0.29, 0.717) is 56.4 Å². The number of carbonyl (C=O) groups is 1. The number of hydrogen-bond donors (Lipinski definition) is 2. The molecule has 0 bridgehead atoms. The lowest BCUT2D eigenvalue weighted by molar-refractivity contribution is -0.149. The van der Waals surface area contributed by atoms with Crippen LogP contribution in [0.25, 0.3) is 11.2 Å². The third kappa shape index (κ3) is 8.88. The molecule has 0 saturated carbocycles. The summed E-state index contributed by atoms with van der Waals surface area (Å²) in [5.41, 5.74) is 1.33. The van der Waals surface area contributed by atoms with E-state index in [1.54, 1.807) is 0 Å². The van der Waals surface area contributed by atoms with Crippen molar-refractivity contribution in [1.82, 2.24) is 24.8 Å². The minimum absolute atomic E-state index is 0.139. The van der Waals surface area contributed by atoms with E-state index in [1.165, 1.54) is 11.1 Å². The first-order valence-electron chi connectivity index (χ1n) is 11.7. The SMILES string of the molecule is C[Si](C)(C)CCOCn1ccc2nc(NC(=O)NCCC3CCCN(CC(F)(F)F)C3)cnc21. The summed E-state index contributed by atoms with van der Waals surface area (Å²) in [4.78, 5) is 22.5. The molecule has 2 aromatic heterocycles. The zero-order chi connectivity index (χ0) is 24.8. The summed E-state index contributed by atoms with van der Waals surface area (Å²) in [5, 5.41) is 5.43. The molecule has 3 heterocycles. The standard InChI is InChI=1S/C22H35F3N6O2Si/c1-34(2,3)12-11-33-16-31-10-7-18-20(31)27-13-19(28-18)29-21(32)26-8-6-17-5-4-9-30(14-17)15-22(23,24)25/h7,10,13,17H,4-6,8-9,11-12,14-16H2,1-3H3,(H2,26,28,29,32). The van der Waals surface area contributed by atoms with E-state index in [4.69, 9.17) is 4.74 Å². The summed E-state index contributed by atoms with van der Waals surface area (Å²) in [6, 6.07) is 2.50. The van der Waals surface area contributed by atoms with Gasteiger partial charge in [0, 0.05) is 34.0 Å². The molecule has 0 radical (unpaired) electrons. The molecule has 0 spiro atoms. The third-order valence-electron chi connectivity index (χ3n) is 5.78. The zero-order valence-corrected chi connectivity index (χ0v) is 21.1. The van der Waals surface area contributed by atoms with E-state index in [0.717, 1.165) is 18.9 Å². The molecule has 2 N–H and O–H groups in total. The van der Waals surface area contributed by atoms with Crippen LogP contribution in [0.2, 0.25) is 25.7 Å². The maximum absolute atomic E-state index is 12.6. The minimum Gasteiger partial charge on any atom is -0.361 e. The predicted molar refractivity (Wildman–Crippen MR) is 128 cm³/mol. The van der Waals surface area contributed by atoms with Crippen LogP contribution in [0.3, 0.4) is 0 Å². The molecular weight excluding hydrogens is 465 g/mol. The van der Waals surface area contributed by atoms with Crippen molar-refractivity contribution in [2.45, 2.75) is 57.9 Å². The molecule has 2 aromatic rings. The van der Waals surface area contributed by atoms with Crippen LogP contribution >= 0.6 is 0 Å². The highest BCUT2D eigenvalue weighted by Crippen LogP contribution is 2.23. The lowest BCUT2D eigenvalue weighted by Crippen LogP contribution is -2.42. The lowest BCUT2D eigenvalue weighted by Gasteiger charge is -2.33. The Labute approximate surface area is 199 Å². The van der Waals surface area contributed by atoms with Gasteiger partial charge in [0.05, 0.1) is 12.7 Å². The highest BCUT2D eigenvalue weighted by Gasteiger charge is 2.32. The molecule has 0 aliphatic carbocycles. The second-order valence-electron chi connectivity index (χ2n) is 10.1. The number of aromatic nitrogens is 3. The molecule has 8 nitrogen and oxygen atoms in total. The number of amides is 2. The Morgan fingerprint density at radius 1 is 1.32 bits per heavy atom. The van der Waals surface area contributed by atoms with Gasteiger partial charge in [-0.15, -0.1) is 0 Å². The van der Waals surface area contributed by atoms with Gasteiger partial charge in [0.15, 0.2) is 11.5 Å². The summed E-state index contributed by atoms with van der Waals surface area (Å²) in [6.45, 7) is 8.42. The summed E-state index contributed by atoms with van der Waals surface area (Å²) < 4.78 is 45.5. The van der Waals surface area contributed by atoms with E-state index >= 15 is 0 Å². The van der Waals surface area contributed by atoms with Crippen LogP contribution in [-0.4, -0.2) is 72.5 Å². The molecule has 2 amide bonds. The Morgan fingerprint density at radius 2 is 2.12 bits per heavy atom. The van der Waals surface area contributed by atoms with Crippen molar-refractivity contribution < 1.29 is 22.7 Å². The fraction of sp³-hybridized carbons (Fsp3) is 0.682. The Bertz CT molecular complexity index is 947.